The predicted molar refractivity (Wildman–Crippen MR) is 70.4 cm³/mol. The standard InChI is InChI=1S/C13H11ClN2O2/c1-9-8-12(16-18-9)15-13(17)7-6-10-4-2-3-5-11(10)14/h2-8H,1H3,(H,15,16,17)/b7-6+. The average molecular weight is 263 g/mol. The first-order valence-corrected chi connectivity index (χ1v) is 5.70. The highest BCUT2D eigenvalue weighted by Gasteiger charge is 2.03. The first kappa shape index (κ1) is 12.4. The van der Waals surface area contributed by atoms with Gasteiger partial charge in [-0.3, -0.25) is 4.79 Å². The summed E-state index contributed by atoms with van der Waals surface area (Å²) in [5, 5.41) is 6.84. The Bertz CT molecular complexity index is 590. The number of benzene rings is 1. The maximum atomic E-state index is 11.6. The number of anilines is 1. The molecule has 0 aliphatic heterocycles. The molecule has 2 rings (SSSR count). The lowest BCUT2D eigenvalue weighted by atomic mass is 10.2. The highest BCUT2D eigenvalue weighted by Crippen LogP contribution is 2.16. The van der Waals surface area contributed by atoms with Crippen molar-refractivity contribution in [1.29, 1.82) is 0 Å². The number of carbonyl (C=O) groups is 1. The van der Waals surface area contributed by atoms with Gasteiger partial charge < -0.3 is 9.84 Å². The molecule has 0 radical (unpaired) electrons. The van der Waals surface area contributed by atoms with Crippen LogP contribution in [0.5, 0.6) is 0 Å². The quantitative estimate of drug-likeness (QED) is 0.864. The molecule has 0 atom stereocenters. The van der Waals surface area contributed by atoms with Gasteiger partial charge in [0.1, 0.15) is 5.76 Å². The van der Waals surface area contributed by atoms with E-state index in [1.54, 1.807) is 25.1 Å². The third kappa shape index (κ3) is 3.21. The molecule has 0 aliphatic rings. The lowest BCUT2D eigenvalue weighted by molar-refractivity contribution is -0.111. The lowest BCUT2D eigenvalue weighted by Crippen LogP contribution is -2.07. The van der Waals surface area contributed by atoms with Crippen molar-refractivity contribution >= 4 is 29.4 Å². The highest BCUT2D eigenvalue weighted by molar-refractivity contribution is 6.32. The van der Waals surface area contributed by atoms with Crippen LogP contribution < -0.4 is 5.32 Å². The Hall–Kier alpha value is -2.07. The number of nitrogens with zero attached hydrogens (tertiary/aromatic N) is 1. The SMILES string of the molecule is Cc1cc(NC(=O)/C=C/c2ccccc2Cl)no1. The number of aryl methyl sites for hydroxylation is 1. The van der Waals surface area contributed by atoms with E-state index >= 15 is 0 Å². The lowest BCUT2D eigenvalue weighted by Gasteiger charge is -1.97. The Kier molecular flexibility index (Phi) is 3.79. The summed E-state index contributed by atoms with van der Waals surface area (Å²) in [7, 11) is 0. The Balaban J connectivity index is 2.01. The number of hydrogen-bond acceptors (Lipinski definition) is 3. The summed E-state index contributed by atoms with van der Waals surface area (Å²) in [4.78, 5) is 11.6. The van der Waals surface area contributed by atoms with Gasteiger partial charge in [0.2, 0.25) is 5.91 Å². The van der Waals surface area contributed by atoms with Crippen LogP contribution in [0.3, 0.4) is 0 Å². The van der Waals surface area contributed by atoms with E-state index in [9.17, 15) is 4.79 Å². The molecule has 0 bridgehead atoms. The minimum absolute atomic E-state index is 0.289. The summed E-state index contributed by atoms with van der Waals surface area (Å²) in [6, 6.07) is 8.91. The summed E-state index contributed by atoms with van der Waals surface area (Å²) in [5.74, 6) is 0.741. The molecule has 0 saturated carbocycles. The zero-order chi connectivity index (χ0) is 13.0. The van der Waals surface area contributed by atoms with Gasteiger partial charge in [0, 0.05) is 17.2 Å². The molecule has 0 spiro atoms. The Morgan fingerprint density at radius 3 is 2.89 bits per heavy atom. The van der Waals surface area contributed by atoms with E-state index in [2.05, 4.69) is 10.5 Å². The summed E-state index contributed by atoms with van der Waals surface area (Å²) in [5.41, 5.74) is 0.783. The van der Waals surface area contributed by atoms with E-state index in [-0.39, 0.29) is 5.91 Å². The highest BCUT2D eigenvalue weighted by atomic mass is 35.5. The van der Waals surface area contributed by atoms with E-state index < -0.39 is 0 Å². The number of rotatable bonds is 3. The number of carbonyl (C=O) groups excluding carboxylic acids is 1. The van der Waals surface area contributed by atoms with Crippen molar-refractivity contribution in [3.8, 4) is 0 Å². The second-order valence-electron chi connectivity index (χ2n) is 3.67. The van der Waals surface area contributed by atoms with E-state index in [1.165, 1.54) is 6.08 Å². The molecule has 1 amide bonds. The largest absolute Gasteiger partial charge is 0.360 e. The van der Waals surface area contributed by atoms with Crippen molar-refractivity contribution in [2.45, 2.75) is 6.92 Å². The molecule has 0 fully saturated rings. The van der Waals surface area contributed by atoms with Crippen LogP contribution >= 0.6 is 11.6 Å². The molecule has 0 saturated heterocycles. The number of aromatic nitrogens is 1. The maximum absolute atomic E-state index is 11.6. The van der Waals surface area contributed by atoms with Crippen LogP contribution in [0.1, 0.15) is 11.3 Å². The average Bonchev–Trinajstić information content (AvgIpc) is 2.74. The van der Waals surface area contributed by atoms with E-state index in [4.69, 9.17) is 16.1 Å². The fraction of sp³-hybridized carbons (Fsp3) is 0.0769. The van der Waals surface area contributed by atoms with E-state index in [0.717, 1.165) is 5.56 Å². The summed E-state index contributed by atoms with van der Waals surface area (Å²) < 4.78 is 4.84. The summed E-state index contributed by atoms with van der Waals surface area (Å²) in [6.45, 7) is 1.75. The molecule has 4 nitrogen and oxygen atoms in total. The molecule has 92 valence electrons. The van der Waals surface area contributed by atoms with Crippen molar-refractivity contribution < 1.29 is 9.32 Å². The van der Waals surface area contributed by atoms with Crippen LogP contribution in [0.15, 0.2) is 40.9 Å². The van der Waals surface area contributed by atoms with Crippen LogP contribution in [-0.2, 0) is 4.79 Å². The number of amides is 1. The molecular weight excluding hydrogens is 252 g/mol. The second kappa shape index (κ2) is 5.51. The summed E-state index contributed by atoms with van der Waals surface area (Å²) in [6.07, 6.45) is 3.04. The predicted octanol–water partition coefficient (Wildman–Crippen LogP) is 3.29. The van der Waals surface area contributed by atoms with Gasteiger partial charge in [0.15, 0.2) is 5.82 Å². The smallest absolute Gasteiger partial charge is 0.249 e. The topological polar surface area (TPSA) is 55.1 Å². The molecule has 0 unspecified atom stereocenters. The molecule has 0 aliphatic carbocycles. The minimum atomic E-state index is -0.289. The normalized spacial score (nSPS) is 10.8. The van der Waals surface area contributed by atoms with E-state index in [0.29, 0.717) is 16.6 Å². The first-order valence-electron chi connectivity index (χ1n) is 5.32. The van der Waals surface area contributed by atoms with Gasteiger partial charge in [0.05, 0.1) is 0 Å². The van der Waals surface area contributed by atoms with Gasteiger partial charge >= 0.3 is 0 Å². The van der Waals surface area contributed by atoms with Gasteiger partial charge in [-0.1, -0.05) is 35.0 Å². The van der Waals surface area contributed by atoms with Crippen molar-refractivity contribution in [1.82, 2.24) is 5.16 Å². The number of hydrogen-bond donors (Lipinski definition) is 1. The fourth-order valence-corrected chi connectivity index (χ4v) is 1.57. The van der Waals surface area contributed by atoms with E-state index in [1.807, 2.05) is 18.2 Å². The number of nitrogens with one attached hydrogen (secondary N) is 1. The van der Waals surface area contributed by atoms with Gasteiger partial charge in [-0.25, -0.2) is 0 Å². The third-order valence-electron chi connectivity index (χ3n) is 2.20. The maximum Gasteiger partial charge on any atom is 0.249 e. The van der Waals surface area contributed by atoms with Crippen LogP contribution in [-0.4, -0.2) is 11.1 Å². The molecular formula is C13H11ClN2O2. The van der Waals surface area contributed by atoms with Crippen LogP contribution in [0.4, 0.5) is 5.82 Å². The Morgan fingerprint density at radius 2 is 2.22 bits per heavy atom. The van der Waals surface area contributed by atoms with Crippen molar-refractivity contribution in [3.05, 3.63) is 52.8 Å². The molecule has 2 aromatic rings. The first-order chi connectivity index (χ1) is 8.65. The molecule has 18 heavy (non-hydrogen) atoms. The molecule has 5 heteroatoms. The van der Waals surface area contributed by atoms with Gasteiger partial charge in [-0.05, 0) is 24.6 Å². The molecule has 1 N–H and O–H groups in total. The second-order valence-corrected chi connectivity index (χ2v) is 4.07. The van der Waals surface area contributed by atoms with Crippen LogP contribution in [0, 0.1) is 6.92 Å². The van der Waals surface area contributed by atoms with Crippen molar-refractivity contribution in [2.24, 2.45) is 0 Å². The Labute approximate surface area is 109 Å². The van der Waals surface area contributed by atoms with Crippen molar-refractivity contribution in [2.75, 3.05) is 5.32 Å². The molecule has 1 aromatic heterocycles. The monoisotopic (exact) mass is 262 g/mol. The van der Waals surface area contributed by atoms with Gasteiger partial charge in [0.25, 0.3) is 0 Å². The summed E-state index contributed by atoms with van der Waals surface area (Å²) >= 11 is 5.96. The minimum Gasteiger partial charge on any atom is -0.360 e. The van der Waals surface area contributed by atoms with Crippen LogP contribution in [0.25, 0.3) is 6.08 Å². The Morgan fingerprint density at radius 1 is 1.44 bits per heavy atom. The van der Waals surface area contributed by atoms with Crippen molar-refractivity contribution in [3.63, 3.8) is 0 Å². The molecule has 1 heterocycles. The third-order valence-corrected chi connectivity index (χ3v) is 2.54. The van der Waals surface area contributed by atoms with Crippen LogP contribution in [0.2, 0.25) is 5.02 Å². The number of halogens is 1. The van der Waals surface area contributed by atoms with Gasteiger partial charge in [-0.2, -0.15) is 0 Å². The van der Waals surface area contributed by atoms with Gasteiger partial charge in [-0.15, -0.1) is 0 Å². The zero-order valence-corrected chi connectivity index (χ0v) is 10.4. The zero-order valence-electron chi connectivity index (χ0n) is 9.68. The molecule has 1 aromatic carbocycles. The fourth-order valence-electron chi connectivity index (χ4n) is 1.37.